The summed E-state index contributed by atoms with van der Waals surface area (Å²) in [5, 5.41) is 0. The molecule has 1 saturated heterocycles. The second kappa shape index (κ2) is 7.41. The van der Waals surface area contributed by atoms with E-state index in [1.54, 1.807) is 0 Å². The molecule has 116 valence electrons. The maximum absolute atomic E-state index is 12.5. The summed E-state index contributed by atoms with van der Waals surface area (Å²) in [5.41, 5.74) is 5.99. The van der Waals surface area contributed by atoms with Crippen molar-refractivity contribution in [2.75, 3.05) is 27.2 Å². The highest BCUT2D eigenvalue weighted by molar-refractivity contribution is 5.78. The molecule has 4 nitrogen and oxygen atoms in total. The molecular weight excluding hydrogens is 250 g/mol. The molecule has 0 spiro atoms. The first-order valence-electron chi connectivity index (χ1n) is 8.28. The number of carbonyl (C=O) groups excluding carboxylic acids is 1. The highest BCUT2D eigenvalue weighted by Gasteiger charge is 2.28. The molecule has 1 saturated carbocycles. The summed E-state index contributed by atoms with van der Waals surface area (Å²) < 4.78 is 0. The van der Waals surface area contributed by atoms with E-state index in [9.17, 15) is 4.79 Å². The molecule has 1 heterocycles. The topological polar surface area (TPSA) is 49.6 Å². The summed E-state index contributed by atoms with van der Waals surface area (Å²) in [6.07, 6.45) is 9.15. The van der Waals surface area contributed by atoms with E-state index in [2.05, 4.69) is 11.9 Å². The smallest absolute Gasteiger partial charge is 0.225 e. The lowest BCUT2D eigenvalue weighted by Gasteiger charge is -2.34. The van der Waals surface area contributed by atoms with Gasteiger partial charge in [0, 0.05) is 31.6 Å². The lowest BCUT2D eigenvalue weighted by atomic mass is 9.85. The number of piperidine rings is 1. The van der Waals surface area contributed by atoms with Crippen LogP contribution in [0.25, 0.3) is 0 Å². The summed E-state index contributed by atoms with van der Waals surface area (Å²) in [4.78, 5) is 16.9. The molecule has 0 radical (unpaired) electrons. The summed E-state index contributed by atoms with van der Waals surface area (Å²) >= 11 is 0. The standard InChI is InChI=1S/C16H31N3O/c1-18-10-4-3-8-15(18)9-11-19(2)16(20)13-6-5-7-14(17)12-13/h13-15H,3-12,17H2,1-2H3. The van der Waals surface area contributed by atoms with Crippen molar-refractivity contribution in [2.24, 2.45) is 11.7 Å². The van der Waals surface area contributed by atoms with E-state index in [0.29, 0.717) is 11.9 Å². The van der Waals surface area contributed by atoms with Crippen LogP contribution >= 0.6 is 0 Å². The number of hydrogen-bond acceptors (Lipinski definition) is 3. The largest absolute Gasteiger partial charge is 0.345 e. The monoisotopic (exact) mass is 281 g/mol. The Bertz CT molecular complexity index is 321. The Hall–Kier alpha value is -0.610. The molecule has 3 unspecified atom stereocenters. The molecule has 2 fully saturated rings. The normalized spacial score (nSPS) is 32.0. The first-order chi connectivity index (χ1) is 9.58. The van der Waals surface area contributed by atoms with Crippen molar-refractivity contribution < 1.29 is 4.79 Å². The summed E-state index contributed by atoms with van der Waals surface area (Å²) in [6, 6.07) is 0.892. The van der Waals surface area contributed by atoms with Gasteiger partial charge in [0.05, 0.1) is 0 Å². The van der Waals surface area contributed by atoms with Crippen molar-refractivity contribution >= 4 is 5.91 Å². The fourth-order valence-corrected chi connectivity index (χ4v) is 3.73. The van der Waals surface area contributed by atoms with Crippen LogP contribution < -0.4 is 5.73 Å². The maximum Gasteiger partial charge on any atom is 0.225 e. The Morgan fingerprint density at radius 3 is 2.75 bits per heavy atom. The van der Waals surface area contributed by atoms with E-state index in [-0.39, 0.29) is 12.0 Å². The van der Waals surface area contributed by atoms with Crippen molar-refractivity contribution in [2.45, 2.75) is 63.5 Å². The second-order valence-electron chi connectivity index (χ2n) is 6.80. The number of carbonyl (C=O) groups is 1. The van der Waals surface area contributed by atoms with Crippen LogP contribution in [0.1, 0.15) is 51.4 Å². The average molecular weight is 281 g/mol. The van der Waals surface area contributed by atoms with Gasteiger partial charge in [0.15, 0.2) is 0 Å². The molecule has 1 amide bonds. The minimum atomic E-state index is 0.174. The molecule has 1 aliphatic heterocycles. The Morgan fingerprint density at radius 1 is 1.25 bits per heavy atom. The first-order valence-corrected chi connectivity index (χ1v) is 8.28. The zero-order valence-electron chi connectivity index (χ0n) is 13.2. The van der Waals surface area contributed by atoms with E-state index in [0.717, 1.165) is 38.6 Å². The van der Waals surface area contributed by atoms with Gasteiger partial charge in [-0.25, -0.2) is 0 Å². The quantitative estimate of drug-likeness (QED) is 0.855. The molecule has 1 aliphatic carbocycles. The van der Waals surface area contributed by atoms with Crippen molar-refractivity contribution in [3.63, 3.8) is 0 Å². The van der Waals surface area contributed by atoms with Crippen LogP contribution in [-0.4, -0.2) is 55.0 Å². The molecule has 4 heteroatoms. The van der Waals surface area contributed by atoms with Crippen molar-refractivity contribution in [3.05, 3.63) is 0 Å². The lowest BCUT2D eigenvalue weighted by molar-refractivity contribution is -0.135. The molecule has 3 atom stereocenters. The predicted molar refractivity (Wildman–Crippen MR) is 82.5 cm³/mol. The third kappa shape index (κ3) is 4.19. The van der Waals surface area contributed by atoms with Gasteiger partial charge in [0.2, 0.25) is 5.91 Å². The second-order valence-corrected chi connectivity index (χ2v) is 6.80. The van der Waals surface area contributed by atoms with Crippen LogP contribution in [0, 0.1) is 5.92 Å². The van der Waals surface area contributed by atoms with E-state index in [1.165, 1.54) is 25.8 Å². The number of amides is 1. The molecule has 0 bridgehead atoms. The van der Waals surface area contributed by atoms with Crippen LogP contribution in [0.2, 0.25) is 0 Å². The molecule has 2 rings (SSSR count). The van der Waals surface area contributed by atoms with Crippen molar-refractivity contribution in [1.82, 2.24) is 9.80 Å². The molecular formula is C16H31N3O. The average Bonchev–Trinajstić information content (AvgIpc) is 2.45. The Morgan fingerprint density at radius 2 is 2.05 bits per heavy atom. The fraction of sp³-hybridized carbons (Fsp3) is 0.938. The lowest BCUT2D eigenvalue weighted by Crippen LogP contribution is -2.42. The van der Waals surface area contributed by atoms with Crippen LogP contribution in [-0.2, 0) is 4.79 Å². The third-order valence-corrected chi connectivity index (χ3v) is 5.16. The van der Waals surface area contributed by atoms with Gasteiger partial charge in [-0.2, -0.15) is 0 Å². The molecule has 0 aromatic heterocycles. The summed E-state index contributed by atoms with van der Waals surface area (Å²) in [7, 11) is 4.18. The molecule has 2 N–H and O–H groups in total. The molecule has 20 heavy (non-hydrogen) atoms. The molecule has 0 aromatic carbocycles. The van der Waals surface area contributed by atoms with Crippen LogP contribution in [0.5, 0.6) is 0 Å². The van der Waals surface area contributed by atoms with E-state index >= 15 is 0 Å². The zero-order chi connectivity index (χ0) is 14.5. The van der Waals surface area contributed by atoms with Gasteiger partial charge in [-0.3, -0.25) is 4.79 Å². The zero-order valence-corrected chi connectivity index (χ0v) is 13.2. The van der Waals surface area contributed by atoms with Crippen LogP contribution in [0.4, 0.5) is 0 Å². The highest BCUT2D eigenvalue weighted by atomic mass is 16.2. The summed E-state index contributed by atoms with van der Waals surface area (Å²) in [6.45, 7) is 2.10. The van der Waals surface area contributed by atoms with E-state index < -0.39 is 0 Å². The third-order valence-electron chi connectivity index (χ3n) is 5.16. The highest BCUT2D eigenvalue weighted by Crippen LogP contribution is 2.25. The van der Waals surface area contributed by atoms with Crippen LogP contribution in [0.3, 0.4) is 0 Å². The van der Waals surface area contributed by atoms with Gasteiger partial charge >= 0.3 is 0 Å². The molecule has 0 aromatic rings. The predicted octanol–water partition coefficient (Wildman–Crippen LogP) is 1.84. The van der Waals surface area contributed by atoms with Crippen LogP contribution in [0.15, 0.2) is 0 Å². The maximum atomic E-state index is 12.5. The van der Waals surface area contributed by atoms with Gasteiger partial charge < -0.3 is 15.5 Å². The van der Waals surface area contributed by atoms with Gasteiger partial charge in [0.1, 0.15) is 0 Å². The van der Waals surface area contributed by atoms with Gasteiger partial charge in [-0.05, 0) is 52.1 Å². The number of nitrogens with two attached hydrogens (primary N) is 1. The van der Waals surface area contributed by atoms with Gasteiger partial charge in [-0.15, -0.1) is 0 Å². The SMILES string of the molecule is CN(CCC1CCCCN1C)C(=O)C1CCCC(N)C1. The number of nitrogens with zero attached hydrogens (tertiary/aromatic N) is 2. The van der Waals surface area contributed by atoms with E-state index in [1.807, 2.05) is 11.9 Å². The Kier molecular flexibility index (Phi) is 5.85. The minimum Gasteiger partial charge on any atom is -0.345 e. The van der Waals surface area contributed by atoms with Gasteiger partial charge in [0.25, 0.3) is 0 Å². The summed E-state index contributed by atoms with van der Waals surface area (Å²) in [5.74, 6) is 0.492. The van der Waals surface area contributed by atoms with Crippen molar-refractivity contribution in [3.8, 4) is 0 Å². The minimum absolute atomic E-state index is 0.174. The molecule has 2 aliphatic rings. The fourth-order valence-electron chi connectivity index (χ4n) is 3.73. The first kappa shape index (κ1) is 15.8. The van der Waals surface area contributed by atoms with E-state index in [4.69, 9.17) is 5.73 Å². The number of rotatable bonds is 4. The number of likely N-dealkylation sites (tertiary alicyclic amines) is 1. The Balaban J connectivity index is 1.75. The van der Waals surface area contributed by atoms with Gasteiger partial charge in [-0.1, -0.05) is 12.8 Å². The van der Waals surface area contributed by atoms with Crippen molar-refractivity contribution in [1.29, 1.82) is 0 Å². The Labute approximate surface area is 123 Å². The number of hydrogen-bond donors (Lipinski definition) is 1.